The van der Waals surface area contributed by atoms with E-state index in [-0.39, 0.29) is 0 Å². The van der Waals surface area contributed by atoms with E-state index in [1.54, 1.807) is 0 Å². The van der Waals surface area contributed by atoms with Gasteiger partial charge in [0.1, 0.15) is 0 Å². The molecule has 2 atom stereocenters. The highest BCUT2D eigenvalue weighted by atomic mass is 16.5. The Kier molecular flexibility index (Phi) is 6.97. The molecule has 0 radical (unpaired) electrons. The SMILES string of the molecule is CCNC(C1CCC(CC)CC1)C1CN(C(C)C)CCO1. The maximum Gasteiger partial charge on any atom is 0.0858 e. The molecule has 1 aliphatic heterocycles. The van der Waals surface area contributed by atoms with Gasteiger partial charge < -0.3 is 10.1 Å². The Morgan fingerprint density at radius 1 is 1.14 bits per heavy atom. The van der Waals surface area contributed by atoms with Gasteiger partial charge in [-0.05, 0) is 45.1 Å². The van der Waals surface area contributed by atoms with E-state index in [0.717, 1.165) is 38.1 Å². The molecule has 1 saturated carbocycles. The zero-order valence-electron chi connectivity index (χ0n) is 14.6. The summed E-state index contributed by atoms with van der Waals surface area (Å²) in [5.74, 6) is 1.79. The first-order chi connectivity index (χ1) is 10.2. The van der Waals surface area contributed by atoms with Crippen LogP contribution in [0, 0.1) is 11.8 Å². The fourth-order valence-corrected chi connectivity index (χ4v) is 4.18. The summed E-state index contributed by atoms with van der Waals surface area (Å²) in [7, 11) is 0. The Balaban J connectivity index is 1.94. The lowest BCUT2D eigenvalue weighted by Gasteiger charge is -2.43. The number of rotatable bonds is 6. The largest absolute Gasteiger partial charge is 0.374 e. The van der Waals surface area contributed by atoms with Gasteiger partial charge >= 0.3 is 0 Å². The number of hydrogen-bond donors (Lipinski definition) is 1. The second-order valence-corrected chi connectivity index (χ2v) is 7.27. The predicted octanol–water partition coefficient (Wildman–Crippen LogP) is 3.29. The minimum atomic E-state index is 0.379. The molecule has 2 fully saturated rings. The van der Waals surface area contributed by atoms with Crippen molar-refractivity contribution in [3.8, 4) is 0 Å². The molecule has 0 aromatic heterocycles. The molecule has 2 aliphatic rings. The van der Waals surface area contributed by atoms with Crippen LogP contribution in [0.15, 0.2) is 0 Å². The van der Waals surface area contributed by atoms with Gasteiger partial charge in [0.15, 0.2) is 0 Å². The van der Waals surface area contributed by atoms with Crippen LogP contribution in [-0.2, 0) is 4.74 Å². The Labute approximate surface area is 131 Å². The lowest BCUT2D eigenvalue weighted by molar-refractivity contribution is -0.0680. The number of nitrogens with one attached hydrogen (secondary N) is 1. The van der Waals surface area contributed by atoms with Crippen molar-refractivity contribution in [2.75, 3.05) is 26.2 Å². The van der Waals surface area contributed by atoms with Crippen molar-refractivity contribution in [1.29, 1.82) is 0 Å². The van der Waals surface area contributed by atoms with Crippen molar-refractivity contribution in [1.82, 2.24) is 10.2 Å². The smallest absolute Gasteiger partial charge is 0.0858 e. The highest BCUT2D eigenvalue weighted by Gasteiger charge is 2.35. The Morgan fingerprint density at radius 3 is 2.43 bits per heavy atom. The second kappa shape index (κ2) is 8.50. The Bertz CT molecular complexity index is 287. The van der Waals surface area contributed by atoms with Gasteiger partial charge in [0, 0.05) is 25.2 Å². The molecule has 1 aliphatic carbocycles. The first kappa shape index (κ1) is 17.2. The molecule has 0 amide bonds. The molecule has 0 aromatic rings. The van der Waals surface area contributed by atoms with E-state index in [1.807, 2.05) is 0 Å². The zero-order valence-corrected chi connectivity index (χ0v) is 14.6. The minimum Gasteiger partial charge on any atom is -0.374 e. The third kappa shape index (κ3) is 4.67. The maximum atomic E-state index is 6.18. The summed E-state index contributed by atoms with van der Waals surface area (Å²) >= 11 is 0. The van der Waals surface area contributed by atoms with Crippen molar-refractivity contribution in [3.63, 3.8) is 0 Å². The summed E-state index contributed by atoms with van der Waals surface area (Å²) in [6.07, 6.45) is 7.35. The number of nitrogens with zero attached hydrogens (tertiary/aromatic N) is 1. The van der Waals surface area contributed by atoms with Crippen LogP contribution in [-0.4, -0.2) is 49.3 Å². The van der Waals surface area contributed by atoms with Gasteiger partial charge in [-0.2, -0.15) is 0 Å². The summed E-state index contributed by atoms with van der Waals surface area (Å²) in [6.45, 7) is 13.3. The van der Waals surface area contributed by atoms with E-state index >= 15 is 0 Å². The van der Waals surface area contributed by atoms with E-state index < -0.39 is 0 Å². The summed E-state index contributed by atoms with van der Waals surface area (Å²) in [6, 6.07) is 1.18. The van der Waals surface area contributed by atoms with Gasteiger partial charge in [-0.25, -0.2) is 0 Å². The van der Waals surface area contributed by atoms with Crippen molar-refractivity contribution < 1.29 is 4.74 Å². The molecule has 3 nitrogen and oxygen atoms in total. The van der Waals surface area contributed by atoms with Gasteiger partial charge in [-0.1, -0.05) is 33.1 Å². The fraction of sp³-hybridized carbons (Fsp3) is 1.00. The highest BCUT2D eigenvalue weighted by Crippen LogP contribution is 2.34. The van der Waals surface area contributed by atoms with Crippen LogP contribution in [0.25, 0.3) is 0 Å². The Hall–Kier alpha value is -0.120. The van der Waals surface area contributed by atoms with E-state index in [0.29, 0.717) is 18.2 Å². The molecule has 0 bridgehead atoms. The van der Waals surface area contributed by atoms with Gasteiger partial charge in [0.2, 0.25) is 0 Å². The van der Waals surface area contributed by atoms with Crippen LogP contribution in [0.2, 0.25) is 0 Å². The van der Waals surface area contributed by atoms with E-state index in [1.165, 1.54) is 32.1 Å². The predicted molar refractivity (Wildman–Crippen MR) is 89.7 cm³/mol. The summed E-state index contributed by atoms with van der Waals surface area (Å²) < 4.78 is 6.18. The Morgan fingerprint density at radius 2 is 1.86 bits per heavy atom. The topological polar surface area (TPSA) is 24.5 Å². The first-order valence-electron chi connectivity index (χ1n) is 9.24. The number of hydrogen-bond acceptors (Lipinski definition) is 3. The molecule has 1 N–H and O–H groups in total. The van der Waals surface area contributed by atoms with Crippen molar-refractivity contribution >= 4 is 0 Å². The van der Waals surface area contributed by atoms with Crippen molar-refractivity contribution in [3.05, 3.63) is 0 Å². The number of likely N-dealkylation sites (N-methyl/N-ethyl adjacent to an activating group) is 1. The molecule has 21 heavy (non-hydrogen) atoms. The minimum absolute atomic E-state index is 0.379. The molecule has 1 heterocycles. The molecule has 1 saturated heterocycles. The standard InChI is InChI=1S/C18H36N2O/c1-5-15-7-9-16(10-8-15)18(19-6-2)17-13-20(14(3)4)11-12-21-17/h14-19H,5-13H2,1-4H3. The molecule has 0 aromatic carbocycles. The third-order valence-electron chi connectivity index (χ3n) is 5.67. The van der Waals surface area contributed by atoms with Crippen LogP contribution >= 0.6 is 0 Å². The van der Waals surface area contributed by atoms with Crippen LogP contribution in [0.4, 0.5) is 0 Å². The quantitative estimate of drug-likeness (QED) is 0.814. The molecule has 2 rings (SSSR count). The fourth-order valence-electron chi connectivity index (χ4n) is 4.18. The van der Waals surface area contributed by atoms with Gasteiger partial charge in [-0.3, -0.25) is 4.90 Å². The summed E-state index contributed by atoms with van der Waals surface area (Å²) in [4.78, 5) is 2.58. The highest BCUT2D eigenvalue weighted by molar-refractivity contribution is 4.90. The average Bonchev–Trinajstić information content (AvgIpc) is 2.53. The van der Waals surface area contributed by atoms with Crippen LogP contribution in [0.1, 0.15) is 59.8 Å². The lowest BCUT2D eigenvalue weighted by atomic mass is 9.76. The van der Waals surface area contributed by atoms with Crippen molar-refractivity contribution in [2.24, 2.45) is 11.8 Å². The van der Waals surface area contributed by atoms with Crippen LogP contribution < -0.4 is 5.32 Å². The zero-order chi connectivity index (χ0) is 15.2. The van der Waals surface area contributed by atoms with Crippen molar-refractivity contribution in [2.45, 2.75) is 78.0 Å². The third-order valence-corrected chi connectivity index (χ3v) is 5.67. The first-order valence-corrected chi connectivity index (χ1v) is 9.24. The second-order valence-electron chi connectivity index (χ2n) is 7.27. The van der Waals surface area contributed by atoms with E-state index in [4.69, 9.17) is 4.74 Å². The average molecular weight is 296 g/mol. The van der Waals surface area contributed by atoms with Gasteiger partial charge in [0.25, 0.3) is 0 Å². The lowest BCUT2D eigenvalue weighted by Crippen LogP contribution is -2.56. The van der Waals surface area contributed by atoms with E-state index in [2.05, 4.69) is 37.9 Å². The molecule has 2 unspecified atom stereocenters. The molecule has 124 valence electrons. The van der Waals surface area contributed by atoms with Gasteiger partial charge in [-0.15, -0.1) is 0 Å². The molecular formula is C18H36N2O. The maximum absolute atomic E-state index is 6.18. The molecule has 3 heteroatoms. The monoisotopic (exact) mass is 296 g/mol. The summed E-state index contributed by atoms with van der Waals surface area (Å²) in [5, 5.41) is 3.76. The summed E-state index contributed by atoms with van der Waals surface area (Å²) in [5.41, 5.74) is 0. The van der Waals surface area contributed by atoms with Gasteiger partial charge in [0.05, 0.1) is 12.7 Å². The normalized spacial score (nSPS) is 33.3. The van der Waals surface area contributed by atoms with Crippen LogP contribution in [0.3, 0.4) is 0 Å². The molecule has 0 spiro atoms. The van der Waals surface area contributed by atoms with Crippen LogP contribution in [0.5, 0.6) is 0 Å². The number of morpholine rings is 1. The molecular weight excluding hydrogens is 260 g/mol. The van der Waals surface area contributed by atoms with E-state index in [9.17, 15) is 0 Å². The number of ether oxygens (including phenoxy) is 1.